The van der Waals surface area contributed by atoms with Crippen molar-refractivity contribution < 1.29 is 0 Å². The van der Waals surface area contributed by atoms with E-state index in [-0.39, 0.29) is 10.8 Å². The average Bonchev–Trinajstić information content (AvgIpc) is 2.54. The lowest BCUT2D eigenvalue weighted by atomic mass is 9.95. The van der Waals surface area contributed by atoms with Crippen LogP contribution in [0.5, 0.6) is 0 Å². The molecule has 0 saturated heterocycles. The molecule has 0 amide bonds. The van der Waals surface area contributed by atoms with Gasteiger partial charge < -0.3 is 10.6 Å². The van der Waals surface area contributed by atoms with Crippen LogP contribution in [0, 0.1) is 0 Å². The van der Waals surface area contributed by atoms with Gasteiger partial charge in [0.2, 0.25) is 17.2 Å². The Balaban J connectivity index is 2.02. The van der Waals surface area contributed by atoms with Gasteiger partial charge in [-0.05, 0) is 37.4 Å². The number of halogens is 1. The Hall–Kier alpha value is -1.88. The maximum Gasteiger partial charge on any atom is 0.229 e. The summed E-state index contributed by atoms with van der Waals surface area (Å²) < 4.78 is 0. The lowest BCUT2D eigenvalue weighted by molar-refractivity contribution is 0.601. The number of benzene rings is 1. The summed E-state index contributed by atoms with van der Waals surface area (Å²) in [5.74, 6) is 0.984. The Morgan fingerprint density at radius 2 is 1.67 bits per heavy atom. The molecule has 0 aliphatic rings. The van der Waals surface area contributed by atoms with E-state index in [1.807, 2.05) is 18.2 Å². The van der Waals surface area contributed by atoms with Crippen molar-refractivity contribution in [2.75, 3.05) is 17.2 Å². The van der Waals surface area contributed by atoms with Crippen LogP contribution in [0.2, 0.25) is 5.28 Å². The second kappa shape index (κ2) is 8.83. The van der Waals surface area contributed by atoms with Gasteiger partial charge >= 0.3 is 0 Å². The first-order valence-electron chi connectivity index (χ1n) is 8.50. The summed E-state index contributed by atoms with van der Waals surface area (Å²) in [6, 6.07) is 10.2. The van der Waals surface area contributed by atoms with Gasteiger partial charge in [-0.15, -0.1) is 0 Å². The minimum absolute atomic E-state index is 0.187. The van der Waals surface area contributed by atoms with Crippen molar-refractivity contribution in [3.63, 3.8) is 0 Å². The van der Waals surface area contributed by atoms with Crippen molar-refractivity contribution in [1.82, 2.24) is 15.0 Å². The predicted molar refractivity (Wildman–Crippen MR) is 101 cm³/mol. The number of hydrogen-bond donors (Lipinski definition) is 2. The van der Waals surface area contributed by atoms with Gasteiger partial charge in [-0.25, -0.2) is 0 Å². The second-order valence-corrected chi connectivity index (χ2v) is 6.69. The smallest absolute Gasteiger partial charge is 0.229 e. The van der Waals surface area contributed by atoms with Gasteiger partial charge in [0.05, 0.1) is 5.54 Å². The molecule has 0 bridgehead atoms. The zero-order valence-electron chi connectivity index (χ0n) is 14.6. The molecule has 1 heterocycles. The zero-order valence-corrected chi connectivity index (χ0v) is 15.4. The van der Waals surface area contributed by atoms with E-state index in [2.05, 4.69) is 58.5 Å². The molecule has 24 heavy (non-hydrogen) atoms. The van der Waals surface area contributed by atoms with Crippen LogP contribution in [-0.2, 0) is 5.54 Å². The maximum absolute atomic E-state index is 6.05. The van der Waals surface area contributed by atoms with Gasteiger partial charge in [0.15, 0.2) is 0 Å². The van der Waals surface area contributed by atoms with Crippen LogP contribution in [0.15, 0.2) is 30.3 Å². The van der Waals surface area contributed by atoms with Crippen molar-refractivity contribution in [3.05, 3.63) is 41.2 Å². The molecule has 0 fully saturated rings. The van der Waals surface area contributed by atoms with Gasteiger partial charge in [-0.2, -0.15) is 15.0 Å². The van der Waals surface area contributed by atoms with Crippen LogP contribution in [0.4, 0.5) is 11.9 Å². The number of hydrogen-bond acceptors (Lipinski definition) is 5. The largest absolute Gasteiger partial charge is 0.354 e. The zero-order chi connectivity index (χ0) is 17.4. The quantitative estimate of drug-likeness (QED) is 0.634. The lowest BCUT2D eigenvalue weighted by Gasteiger charge is -2.27. The van der Waals surface area contributed by atoms with Crippen LogP contribution in [0.1, 0.15) is 52.0 Å². The molecule has 2 rings (SSSR count). The monoisotopic (exact) mass is 347 g/mol. The Morgan fingerprint density at radius 1 is 0.958 bits per heavy atom. The number of nitrogens with one attached hydrogen (secondary N) is 2. The minimum Gasteiger partial charge on any atom is -0.354 e. The SMILES string of the molecule is CCCCCCNc1nc(Cl)nc(NC(C)(C)c2ccccc2)n1. The highest BCUT2D eigenvalue weighted by Gasteiger charge is 2.21. The van der Waals surface area contributed by atoms with Crippen LogP contribution in [-0.4, -0.2) is 21.5 Å². The van der Waals surface area contributed by atoms with Gasteiger partial charge in [-0.3, -0.25) is 0 Å². The molecule has 1 aromatic carbocycles. The number of nitrogens with zero attached hydrogens (tertiary/aromatic N) is 3. The van der Waals surface area contributed by atoms with Crippen molar-refractivity contribution in [2.45, 2.75) is 52.0 Å². The fourth-order valence-electron chi connectivity index (χ4n) is 2.44. The van der Waals surface area contributed by atoms with Gasteiger partial charge in [0, 0.05) is 6.54 Å². The van der Waals surface area contributed by atoms with E-state index in [0.717, 1.165) is 18.5 Å². The topological polar surface area (TPSA) is 62.7 Å². The first kappa shape index (κ1) is 18.5. The molecule has 0 atom stereocenters. The lowest BCUT2D eigenvalue weighted by Crippen LogP contribution is -2.29. The molecule has 2 N–H and O–H groups in total. The van der Waals surface area contributed by atoms with Gasteiger partial charge in [0.1, 0.15) is 0 Å². The van der Waals surface area contributed by atoms with Crippen LogP contribution in [0.3, 0.4) is 0 Å². The highest BCUT2D eigenvalue weighted by Crippen LogP contribution is 2.24. The number of aromatic nitrogens is 3. The molecular weight excluding hydrogens is 322 g/mol. The van der Waals surface area contributed by atoms with E-state index in [0.29, 0.717) is 11.9 Å². The first-order chi connectivity index (χ1) is 11.5. The summed E-state index contributed by atoms with van der Waals surface area (Å²) >= 11 is 6.05. The molecule has 0 saturated carbocycles. The molecule has 1 aromatic heterocycles. The van der Waals surface area contributed by atoms with Crippen LogP contribution < -0.4 is 10.6 Å². The van der Waals surface area contributed by atoms with Crippen molar-refractivity contribution in [1.29, 1.82) is 0 Å². The van der Waals surface area contributed by atoms with E-state index >= 15 is 0 Å². The molecule has 0 aliphatic carbocycles. The normalized spacial score (nSPS) is 11.3. The van der Waals surface area contributed by atoms with Crippen molar-refractivity contribution >= 4 is 23.5 Å². The summed E-state index contributed by atoms with van der Waals surface area (Å²) in [5, 5.41) is 6.75. The third-order valence-electron chi connectivity index (χ3n) is 3.84. The van der Waals surface area contributed by atoms with E-state index < -0.39 is 0 Å². The summed E-state index contributed by atoms with van der Waals surface area (Å²) in [7, 11) is 0. The Kier molecular flexibility index (Phi) is 6.79. The highest BCUT2D eigenvalue weighted by atomic mass is 35.5. The third-order valence-corrected chi connectivity index (χ3v) is 4.01. The van der Waals surface area contributed by atoms with E-state index in [9.17, 15) is 0 Å². The standard InChI is InChI=1S/C18H26ClN5/c1-4-5-6-10-13-20-16-21-15(19)22-17(23-16)24-18(2,3)14-11-8-7-9-12-14/h7-9,11-12H,4-6,10,13H2,1-3H3,(H2,20,21,22,23,24). The number of unbranched alkanes of at least 4 members (excludes halogenated alkanes) is 3. The maximum atomic E-state index is 6.05. The molecule has 0 aliphatic heterocycles. The fraction of sp³-hybridized carbons (Fsp3) is 0.500. The van der Waals surface area contributed by atoms with Crippen molar-refractivity contribution in [2.24, 2.45) is 0 Å². The van der Waals surface area contributed by atoms with E-state index in [1.54, 1.807) is 0 Å². The van der Waals surface area contributed by atoms with Crippen LogP contribution in [0.25, 0.3) is 0 Å². The summed E-state index contributed by atoms with van der Waals surface area (Å²) in [5.41, 5.74) is 0.834. The van der Waals surface area contributed by atoms with Gasteiger partial charge in [0.25, 0.3) is 0 Å². The molecule has 6 heteroatoms. The Labute approximate surface area is 149 Å². The van der Waals surface area contributed by atoms with E-state index in [4.69, 9.17) is 11.6 Å². The number of rotatable bonds is 9. The average molecular weight is 348 g/mol. The fourth-order valence-corrected chi connectivity index (χ4v) is 2.60. The molecule has 130 valence electrons. The molecule has 0 spiro atoms. The number of anilines is 2. The van der Waals surface area contributed by atoms with Crippen molar-refractivity contribution in [3.8, 4) is 0 Å². The van der Waals surface area contributed by atoms with E-state index in [1.165, 1.54) is 19.3 Å². The molecule has 5 nitrogen and oxygen atoms in total. The third kappa shape index (κ3) is 5.64. The second-order valence-electron chi connectivity index (χ2n) is 6.36. The first-order valence-corrected chi connectivity index (χ1v) is 8.88. The minimum atomic E-state index is -0.315. The Morgan fingerprint density at radius 3 is 2.38 bits per heavy atom. The summed E-state index contributed by atoms with van der Waals surface area (Å²) in [6.45, 7) is 7.20. The van der Waals surface area contributed by atoms with Gasteiger partial charge in [-0.1, -0.05) is 56.5 Å². The molecular formula is C18H26ClN5. The summed E-state index contributed by atoms with van der Waals surface area (Å²) in [6.07, 6.45) is 4.77. The molecule has 2 aromatic rings. The summed E-state index contributed by atoms with van der Waals surface area (Å²) in [4.78, 5) is 12.8. The highest BCUT2D eigenvalue weighted by molar-refractivity contribution is 6.28. The molecule has 0 radical (unpaired) electrons. The van der Waals surface area contributed by atoms with Crippen LogP contribution >= 0.6 is 11.6 Å². The predicted octanol–water partition coefficient (Wildman–Crippen LogP) is 4.86. The Bertz CT molecular complexity index is 631. The molecule has 0 unspecified atom stereocenters.